The maximum atomic E-state index is 13.2. The van der Waals surface area contributed by atoms with Crippen molar-refractivity contribution in [3.63, 3.8) is 0 Å². The van der Waals surface area contributed by atoms with Crippen LogP contribution in [0, 0.1) is 17.8 Å². The smallest absolute Gasteiger partial charge is 0.315 e. The molecule has 48 heavy (non-hydrogen) atoms. The van der Waals surface area contributed by atoms with Gasteiger partial charge in [-0.1, -0.05) is 72.8 Å². The van der Waals surface area contributed by atoms with Crippen LogP contribution in [0.4, 0.5) is 4.79 Å². The first-order chi connectivity index (χ1) is 23.4. The number of rotatable bonds is 9. The van der Waals surface area contributed by atoms with E-state index in [1.807, 2.05) is 36.4 Å². The van der Waals surface area contributed by atoms with E-state index >= 15 is 0 Å². The minimum absolute atomic E-state index is 0.00588. The van der Waals surface area contributed by atoms with Gasteiger partial charge in [0.05, 0.1) is 24.9 Å². The first-order valence-corrected chi connectivity index (χ1v) is 18.1. The maximum Gasteiger partial charge on any atom is 0.315 e. The zero-order chi connectivity index (χ0) is 32.7. The lowest BCUT2D eigenvalue weighted by molar-refractivity contribution is -0.252. The molecule has 6 fully saturated rings. The normalized spacial score (nSPS) is 32.8. The molecule has 4 unspecified atom stereocenters. The Balaban J connectivity index is 0.947. The van der Waals surface area contributed by atoms with Crippen LogP contribution >= 0.6 is 0 Å². The molecule has 4 bridgehead atoms. The summed E-state index contributed by atoms with van der Waals surface area (Å²) in [5, 5.41) is 26.3. The Morgan fingerprint density at radius 1 is 0.854 bits per heavy atom. The number of nitrogens with one attached hydrogen (secondary N) is 2. The van der Waals surface area contributed by atoms with Gasteiger partial charge < -0.3 is 30.3 Å². The molecule has 2 amide bonds. The first kappa shape index (κ1) is 32.0. The molecule has 0 radical (unpaired) electrons. The lowest BCUT2D eigenvalue weighted by atomic mass is 9.53. The fourth-order valence-corrected chi connectivity index (χ4v) is 9.80. The fourth-order valence-electron chi connectivity index (χ4n) is 9.80. The van der Waals surface area contributed by atoms with Gasteiger partial charge in [0.25, 0.3) is 0 Å². The molecular formula is C40H49N3O5. The largest absolute Gasteiger partial charge is 0.392 e. The molecule has 9 rings (SSSR count). The highest BCUT2D eigenvalue weighted by atomic mass is 16.7. The Bertz CT molecular complexity index is 1540. The number of hydrogen-bond acceptors (Lipinski definition) is 6. The molecule has 8 heteroatoms. The van der Waals surface area contributed by atoms with E-state index in [4.69, 9.17) is 9.47 Å². The number of urea groups is 1. The Kier molecular flexibility index (Phi) is 9.03. The second-order valence-electron chi connectivity index (χ2n) is 15.3. The minimum atomic E-state index is -0.530. The second-order valence-corrected chi connectivity index (χ2v) is 15.3. The molecule has 4 N–H and O–H groups in total. The molecule has 2 saturated heterocycles. The van der Waals surface area contributed by atoms with Crippen molar-refractivity contribution >= 4 is 6.03 Å². The number of likely N-dealkylation sites (tertiary alicyclic amines) is 1. The standard InChI is InChI=1S/C40H49N3O5/c44-25-26-5-7-31(8-6-26)37-18-35(24-43-14-13-34(45)23-43)47-38(48-37)32-11-9-30(10-12-32)36-4-2-1-3-33(36)22-41-39(46)42-40-19-27-15-28(20-40)17-29(16-27)21-40/h1-12,27-29,34-35,37-38,44-45H,13-25H2,(H2,41,42,46). The molecule has 2 aliphatic heterocycles. The van der Waals surface area contributed by atoms with Crippen molar-refractivity contribution in [3.05, 3.63) is 95.1 Å². The van der Waals surface area contributed by atoms with Crippen LogP contribution in [0.1, 0.15) is 86.0 Å². The monoisotopic (exact) mass is 651 g/mol. The molecular weight excluding hydrogens is 602 g/mol. The summed E-state index contributed by atoms with van der Waals surface area (Å²) in [6, 6.07) is 24.6. The summed E-state index contributed by atoms with van der Waals surface area (Å²) < 4.78 is 13.1. The quantitative estimate of drug-likeness (QED) is 0.219. The number of hydrogen-bond donors (Lipinski definition) is 4. The van der Waals surface area contributed by atoms with Crippen molar-refractivity contribution in [2.45, 2.75) is 94.7 Å². The van der Waals surface area contributed by atoms with Gasteiger partial charge in [0, 0.05) is 43.7 Å². The van der Waals surface area contributed by atoms with Gasteiger partial charge in [-0.15, -0.1) is 0 Å². The van der Waals surface area contributed by atoms with E-state index < -0.39 is 6.29 Å². The molecule has 8 nitrogen and oxygen atoms in total. The lowest BCUT2D eigenvalue weighted by Gasteiger charge is -2.56. The van der Waals surface area contributed by atoms with Gasteiger partial charge in [0.1, 0.15) is 0 Å². The van der Waals surface area contributed by atoms with Crippen molar-refractivity contribution in [3.8, 4) is 11.1 Å². The second kappa shape index (κ2) is 13.6. The van der Waals surface area contributed by atoms with E-state index in [0.29, 0.717) is 13.1 Å². The molecule has 4 atom stereocenters. The summed E-state index contributed by atoms with van der Waals surface area (Å²) >= 11 is 0. The molecule has 0 aromatic heterocycles. The van der Waals surface area contributed by atoms with Crippen molar-refractivity contribution in [2.75, 3.05) is 19.6 Å². The Morgan fingerprint density at radius 2 is 1.54 bits per heavy atom. The lowest BCUT2D eigenvalue weighted by Crippen LogP contribution is -2.61. The van der Waals surface area contributed by atoms with Crippen LogP contribution in [0.3, 0.4) is 0 Å². The summed E-state index contributed by atoms with van der Waals surface area (Å²) in [6.45, 7) is 2.77. The van der Waals surface area contributed by atoms with Crippen molar-refractivity contribution in [2.24, 2.45) is 17.8 Å². The topological polar surface area (TPSA) is 103 Å². The van der Waals surface area contributed by atoms with Gasteiger partial charge in [-0.3, -0.25) is 4.90 Å². The average molecular weight is 652 g/mol. The highest BCUT2D eigenvalue weighted by molar-refractivity contribution is 5.76. The van der Waals surface area contributed by atoms with E-state index in [2.05, 4.69) is 51.9 Å². The number of carbonyl (C=O) groups is 1. The van der Waals surface area contributed by atoms with Gasteiger partial charge in [-0.2, -0.15) is 0 Å². The number of amides is 2. The summed E-state index contributed by atoms with van der Waals surface area (Å²) in [7, 11) is 0. The van der Waals surface area contributed by atoms with Crippen LogP contribution in [0.25, 0.3) is 11.1 Å². The SMILES string of the molecule is O=C(NCc1ccccc1-c1ccc(C2OC(CN3CCC(O)C3)CC(c3ccc(CO)cc3)O2)cc1)NC12CC3CC(CC(C3)C1)C2. The highest BCUT2D eigenvalue weighted by Gasteiger charge is 2.51. The Hall–Kier alpha value is -3.27. The molecule has 6 aliphatic rings. The number of aliphatic hydroxyl groups excluding tert-OH is 2. The zero-order valence-corrected chi connectivity index (χ0v) is 27.7. The molecule has 0 spiro atoms. The molecule has 3 aromatic rings. The van der Waals surface area contributed by atoms with Crippen LogP contribution in [-0.4, -0.2) is 58.5 Å². The third-order valence-electron chi connectivity index (χ3n) is 11.7. The number of nitrogens with zero attached hydrogens (tertiary/aromatic N) is 1. The van der Waals surface area contributed by atoms with E-state index in [1.165, 1.54) is 19.3 Å². The van der Waals surface area contributed by atoms with Gasteiger partial charge in [-0.05, 0) is 90.5 Å². The number of carbonyl (C=O) groups excluding carboxylic acids is 1. The summed E-state index contributed by atoms with van der Waals surface area (Å²) in [5.41, 5.74) is 6.14. The van der Waals surface area contributed by atoms with Gasteiger partial charge in [0.15, 0.2) is 6.29 Å². The van der Waals surface area contributed by atoms with Crippen LogP contribution in [0.5, 0.6) is 0 Å². The van der Waals surface area contributed by atoms with Gasteiger partial charge in [-0.25, -0.2) is 4.79 Å². The summed E-state index contributed by atoms with van der Waals surface area (Å²) in [6.07, 6.45) is 8.02. The van der Waals surface area contributed by atoms with Crippen LogP contribution in [-0.2, 0) is 22.6 Å². The third kappa shape index (κ3) is 6.92. The Labute approximate surface area is 283 Å². The Morgan fingerprint density at radius 3 is 2.21 bits per heavy atom. The summed E-state index contributed by atoms with van der Waals surface area (Å²) in [5.74, 6) is 2.37. The van der Waals surface area contributed by atoms with E-state index in [0.717, 1.165) is 96.3 Å². The van der Waals surface area contributed by atoms with Crippen LogP contribution in [0.2, 0.25) is 0 Å². The molecule has 2 heterocycles. The fraction of sp³-hybridized carbons (Fsp3) is 0.525. The molecule has 4 aliphatic carbocycles. The third-order valence-corrected chi connectivity index (χ3v) is 11.7. The van der Waals surface area contributed by atoms with Crippen molar-refractivity contribution in [1.82, 2.24) is 15.5 Å². The van der Waals surface area contributed by atoms with Crippen LogP contribution < -0.4 is 10.6 Å². The van der Waals surface area contributed by atoms with E-state index in [-0.39, 0.29) is 36.5 Å². The van der Waals surface area contributed by atoms with E-state index in [9.17, 15) is 15.0 Å². The van der Waals surface area contributed by atoms with Crippen molar-refractivity contribution < 1.29 is 24.5 Å². The highest BCUT2D eigenvalue weighted by Crippen LogP contribution is 2.55. The summed E-state index contributed by atoms with van der Waals surface area (Å²) in [4.78, 5) is 15.5. The number of aliphatic hydroxyl groups is 2. The predicted molar refractivity (Wildman–Crippen MR) is 184 cm³/mol. The minimum Gasteiger partial charge on any atom is -0.392 e. The van der Waals surface area contributed by atoms with Gasteiger partial charge >= 0.3 is 6.03 Å². The molecule has 254 valence electrons. The first-order valence-electron chi connectivity index (χ1n) is 18.1. The maximum absolute atomic E-state index is 13.2. The van der Waals surface area contributed by atoms with E-state index in [1.54, 1.807) is 0 Å². The zero-order valence-electron chi connectivity index (χ0n) is 27.7. The number of ether oxygens (including phenoxy) is 2. The predicted octanol–water partition coefficient (Wildman–Crippen LogP) is 6.23. The number of β-amino-alcohol motifs (C(OH)–C–C–N with tert-alkyl or cyclic N) is 1. The molecule has 4 saturated carbocycles. The average Bonchev–Trinajstić information content (AvgIpc) is 3.50. The van der Waals surface area contributed by atoms with Gasteiger partial charge in [0.2, 0.25) is 0 Å². The van der Waals surface area contributed by atoms with Crippen molar-refractivity contribution in [1.29, 1.82) is 0 Å². The molecule has 3 aromatic carbocycles. The van der Waals surface area contributed by atoms with Crippen LogP contribution in [0.15, 0.2) is 72.8 Å². The number of benzene rings is 3.